The highest BCUT2D eigenvalue weighted by molar-refractivity contribution is 6.03. The number of fused-ring (bicyclic) bond motifs is 1. The SMILES string of the molecule is O=C(NCC(=O)N1CCCC1)c1ccc2cccccc1-2. The van der Waals surface area contributed by atoms with Crippen molar-refractivity contribution >= 4 is 11.8 Å². The second kappa shape index (κ2) is 5.95. The monoisotopic (exact) mass is 282 g/mol. The van der Waals surface area contributed by atoms with Crippen molar-refractivity contribution in [3.05, 3.63) is 48.0 Å². The number of carbonyl (C=O) groups excluding carboxylic acids is 2. The van der Waals surface area contributed by atoms with Crippen LogP contribution in [-0.4, -0.2) is 36.3 Å². The van der Waals surface area contributed by atoms with Crippen LogP contribution in [-0.2, 0) is 4.79 Å². The molecule has 2 amide bonds. The van der Waals surface area contributed by atoms with E-state index in [-0.39, 0.29) is 18.4 Å². The topological polar surface area (TPSA) is 49.4 Å². The zero-order valence-electron chi connectivity index (χ0n) is 11.8. The summed E-state index contributed by atoms with van der Waals surface area (Å²) in [5.74, 6) is -0.189. The van der Waals surface area contributed by atoms with Crippen LogP contribution in [0.4, 0.5) is 0 Å². The molecule has 1 aliphatic heterocycles. The zero-order chi connectivity index (χ0) is 14.7. The van der Waals surface area contributed by atoms with Gasteiger partial charge < -0.3 is 10.2 Å². The van der Waals surface area contributed by atoms with Crippen molar-refractivity contribution in [3.63, 3.8) is 0 Å². The Morgan fingerprint density at radius 2 is 1.76 bits per heavy atom. The molecule has 0 unspecified atom stereocenters. The number of hydrogen-bond donors (Lipinski definition) is 1. The van der Waals surface area contributed by atoms with E-state index in [2.05, 4.69) is 5.32 Å². The first-order valence-corrected chi connectivity index (χ1v) is 7.29. The Labute approximate surface area is 124 Å². The maximum atomic E-state index is 12.3. The van der Waals surface area contributed by atoms with E-state index in [1.807, 2.05) is 41.3 Å². The van der Waals surface area contributed by atoms with Crippen molar-refractivity contribution in [3.8, 4) is 11.1 Å². The van der Waals surface area contributed by atoms with Crippen molar-refractivity contribution in [1.82, 2.24) is 10.2 Å². The number of nitrogens with zero attached hydrogens (tertiary/aromatic N) is 1. The number of nitrogens with one attached hydrogen (secondary N) is 1. The van der Waals surface area contributed by atoms with Crippen molar-refractivity contribution in [1.29, 1.82) is 0 Å². The van der Waals surface area contributed by atoms with Gasteiger partial charge in [0.1, 0.15) is 0 Å². The minimum atomic E-state index is -0.191. The highest BCUT2D eigenvalue weighted by atomic mass is 16.2. The fourth-order valence-corrected chi connectivity index (χ4v) is 2.74. The summed E-state index contributed by atoms with van der Waals surface area (Å²) in [7, 11) is 0. The van der Waals surface area contributed by atoms with Gasteiger partial charge in [-0.2, -0.15) is 0 Å². The molecule has 4 heteroatoms. The molecular formula is C17H18N2O2. The molecule has 1 saturated heterocycles. The fraction of sp³-hybridized carbons (Fsp3) is 0.294. The van der Waals surface area contributed by atoms with Gasteiger partial charge in [0.05, 0.1) is 6.54 Å². The van der Waals surface area contributed by atoms with Crippen LogP contribution >= 0.6 is 0 Å². The highest BCUT2D eigenvalue weighted by Crippen LogP contribution is 2.26. The van der Waals surface area contributed by atoms with E-state index >= 15 is 0 Å². The maximum absolute atomic E-state index is 12.3. The van der Waals surface area contributed by atoms with Gasteiger partial charge in [-0.25, -0.2) is 0 Å². The van der Waals surface area contributed by atoms with Gasteiger partial charge in [-0.3, -0.25) is 9.59 Å². The summed E-state index contributed by atoms with van der Waals surface area (Å²) in [5.41, 5.74) is 2.55. The molecule has 0 saturated carbocycles. The number of amides is 2. The van der Waals surface area contributed by atoms with Crippen molar-refractivity contribution in [2.45, 2.75) is 12.8 Å². The lowest BCUT2D eigenvalue weighted by Crippen LogP contribution is -2.38. The second-order valence-electron chi connectivity index (χ2n) is 5.30. The Morgan fingerprint density at radius 1 is 1.00 bits per heavy atom. The standard InChI is InChI=1S/C17H18N2O2/c20-16(19-10-4-5-11-19)12-18-17(21)15-9-8-13-6-2-1-3-7-14(13)15/h1-3,6-9H,4-5,10-12H2,(H,18,21). The molecule has 21 heavy (non-hydrogen) atoms. The summed E-state index contributed by atoms with van der Waals surface area (Å²) in [5, 5.41) is 2.73. The first-order valence-electron chi connectivity index (χ1n) is 7.29. The lowest BCUT2D eigenvalue weighted by Gasteiger charge is -2.15. The Hall–Kier alpha value is -2.36. The first-order chi connectivity index (χ1) is 10.3. The highest BCUT2D eigenvalue weighted by Gasteiger charge is 2.20. The molecule has 1 fully saturated rings. The largest absolute Gasteiger partial charge is 0.343 e. The van der Waals surface area contributed by atoms with E-state index in [0.29, 0.717) is 5.56 Å². The van der Waals surface area contributed by atoms with Gasteiger partial charge in [-0.1, -0.05) is 36.4 Å². The average molecular weight is 282 g/mol. The number of hydrogen-bond acceptors (Lipinski definition) is 2. The average Bonchev–Trinajstić information content (AvgIpc) is 3.10. The molecule has 3 rings (SSSR count). The molecule has 1 heterocycles. The van der Waals surface area contributed by atoms with Crippen LogP contribution in [0.25, 0.3) is 11.1 Å². The molecule has 0 aromatic rings. The normalized spacial score (nSPS) is 14.4. The van der Waals surface area contributed by atoms with Crippen molar-refractivity contribution in [2.75, 3.05) is 19.6 Å². The van der Waals surface area contributed by atoms with Gasteiger partial charge in [-0.05, 0) is 30.0 Å². The molecule has 4 nitrogen and oxygen atoms in total. The molecule has 0 spiro atoms. The predicted octanol–water partition coefficient (Wildman–Crippen LogP) is 2.14. The predicted molar refractivity (Wildman–Crippen MR) is 81.2 cm³/mol. The van der Waals surface area contributed by atoms with E-state index in [1.165, 1.54) is 0 Å². The molecule has 0 aromatic heterocycles. The fourth-order valence-electron chi connectivity index (χ4n) is 2.74. The Morgan fingerprint density at radius 3 is 2.57 bits per heavy atom. The summed E-state index contributed by atoms with van der Waals surface area (Å²) in [6.45, 7) is 1.69. The second-order valence-corrected chi connectivity index (χ2v) is 5.30. The van der Waals surface area contributed by atoms with Crippen molar-refractivity contribution in [2.24, 2.45) is 0 Å². The van der Waals surface area contributed by atoms with Crippen molar-refractivity contribution < 1.29 is 9.59 Å². The smallest absolute Gasteiger partial charge is 0.252 e. The Kier molecular flexibility index (Phi) is 3.86. The summed E-state index contributed by atoms with van der Waals surface area (Å²) in [6.07, 6.45) is 2.12. The molecule has 108 valence electrons. The zero-order valence-corrected chi connectivity index (χ0v) is 11.8. The molecule has 0 aromatic carbocycles. The lowest BCUT2D eigenvalue weighted by molar-refractivity contribution is -0.129. The van der Waals surface area contributed by atoms with Crippen LogP contribution < -0.4 is 5.32 Å². The first kappa shape index (κ1) is 13.6. The number of carbonyl (C=O) groups is 2. The Balaban J connectivity index is 1.66. The van der Waals surface area contributed by atoms with Crippen LogP contribution in [0.1, 0.15) is 23.2 Å². The molecule has 2 aliphatic carbocycles. The maximum Gasteiger partial charge on any atom is 0.252 e. The van der Waals surface area contributed by atoms with E-state index < -0.39 is 0 Å². The number of rotatable bonds is 3. The molecular weight excluding hydrogens is 264 g/mol. The van der Waals surface area contributed by atoms with Gasteiger partial charge in [0.25, 0.3) is 5.91 Å². The van der Waals surface area contributed by atoms with Gasteiger partial charge in [0, 0.05) is 18.7 Å². The molecule has 3 aliphatic rings. The van der Waals surface area contributed by atoms with Gasteiger partial charge >= 0.3 is 0 Å². The third-order valence-electron chi connectivity index (χ3n) is 3.90. The van der Waals surface area contributed by atoms with E-state index in [0.717, 1.165) is 37.1 Å². The van der Waals surface area contributed by atoms with Crippen LogP contribution in [0.3, 0.4) is 0 Å². The van der Waals surface area contributed by atoms with Crippen LogP contribution in [0.5, 0.6) is 0 Å². The van der Waals surface area contributed by atoms with Gasteiger partial charge in [0.2, 0.25) is 5.91 Å². The Bertz CT molecular complexity index is 633. The van der Waals surface area contributed by atoms with Gasteiger partial charge in [-0.15, -0.1) is 0 Å². The summed E-state index contributed by atoms with van der Waals surface area (Å²) >= 11 is 0. The third-order valence-corrected chi connectivity index (χ3v) is 3.90. The molecule has 0 atom stereocenters. The third kappa shape index (κ3) is 2.89. The molecule has 1 N–H and O–H groups in total. The molecule has 0 radical (unpaired) electrons. The summed E-state index contributed by atoms with van der Waals surface area (Å²) in [4.78, 5) is 26.0. The lowest BCUT2D eigenvalue weighted by atomic mass is 10.1. The van der Waals surface area contributed by atoms with E-state index in [4.69, 9.17) is 0 Å². The minimum absolute atomic E-state index is 0.00210. The van der Waals surface area contributed by atoms with Gasteiger partial charge in [0.15, 0.2) is 0 Å². The quantitative estimate of drug-likeness (QED) is 0.937. The van der Waals surface area contributed by atoms with E-state index in [1.54, 1.807) is 6.07 Å². The summed E-state index contributed by atoms with van der Waals surface area (Å²) < 4.78 is 0. The van der Waals surface area contributed by atoms with Crippen LogP contribution in [0, 0.1) is 0 Å². The minimum Gasteiger partial charge on any atom is -0.343 e. The number of likely N-dealkylation sites (tertiary alicyclic amines) is 1. The summed E-state index contributed by atoms with van der Waals surface area (Å²) in [6, 6.07) is 13.4. The van der Waals surface area contributed by atoms with E-state index in [9.17, 15) is 9.59 Å². The van der Waals surface area contributed by atoms with Crippen LogP contribution in [0.15, 0.2) is 42.5 Å². The van der Waals surface area contributed by atoms with Crippen LogP contribution in [0.2, 0.25) is 0 Å². The molecule has 0 bridgehead atoms.